The second-order valence-electron chi connectivity index (χ2n) is 2.58. The molecule has 64 valence electrons. The Labute approximate surface area is 72.1 Å². The predicted octanol–water partition coefficient (Wildman–Crippen LogP) is 1.18. The molecule has 0 bridgehead atoms. The molecule has 0 aliphatic rings. The maximum atomic E-state index is 5.55. The van der Waals surface area contributed by atoms with E-state index in [2.05, 4.69) is 4.99 Å². The lowest BCUT2D eigenvalue weighted by Gasteiger charge is -2.03. The number of aliphatic imine (C=N–C) groups is 1. The first-order valence-corrected chi connectivity index (χ1v) is 3.78. The second-order valence-corrected chi connectivity index (χ2v) is 2.99. The molecule has 0 aromatic rings. The molecule has 4 heteroatoms. The highest BCUT2D eigenvalue weighted by Gasteiger charge is 2.00. The van der Waals surface area contributed by atoms with Crippen LogP contribution in [0.3, 0.4) is 0 Å². The summed E-state index contributed by atoms with van der Waals surface area (Å²) in [5.41, 5.74) is 11.5. The fraction of sp³-hybridized carbons (Fsp3) is 0.571. The zero-order valence-electron chi connectivity index (χ0n) is 7.06. The Kier molecular flexibility index (Phi) is 3.97. The van der Waals surface area contributed by atoms with Gasteiger partial charge in [-0.1, -0.05) is 11.6 Å². The third-order valence-corrected chi connectivity index (χ3v) is 1.42. The number of nitrogens with two attached hydrogens (primary N) is 2. The molecule has 0 aromatic carbocycles. The Morgan fingerprint density at radius 2 is 1.82 bits per heavy atom. The molecule has 0 aromatic heterocycles. The quantitative estimate of drug-likeness (QED) is 0.376. The lowest BCUT2D eigenvalue weighted by atomic mass is 10.3. The Balaban J connectivity index is 4.50. The van der Waals surface area contributed by atoms with Crippen molar-refractivity contribution in [2.45, 2.75) is 26.8 Å². The number of nitrogens with zero attached hydrogens (tertiary/aromatic N) is 1. The van der Waals surface area contributed by atoms with Gasteiger partial charge in [-0.3, -0.25) is 4.99 Å². The lowest BCUT2D eigenvalue weighted by molar-refractivity contribution is 0.833. The van der Waals surface area contributed by atoms with E-state index in [0.717, 1.165) is 0 Å². The molecule has 0 amide bonds. The van der Waals surface area contributed by atoms with Gasteiger partial charge >= 0.3 is 0 Å². The van der Waals surface area contributed by atoms with Crippen LogP contribution in [-0.4, -0.2) is 11.9 Å². The summed E-state index contributed by atoms with van der Waals surface area (Å²) in [5, 5.41) is 0.201. The number of hydrogen-bond donors (Lipinski definition) is 2. The number of rotatable bonds is 2. The predicted molar refractivity (Wildman–Crippen MR) is 49.5 cm³/mol. The fourth-order valence-electron chi connectivity index (χ4n) is 0.497. The third-order valence-electron chi connectivity index (χ3n) is 1.14. The average Bonchev–Trinajstić information content (AvgIpc) is 1.84. The number of halogens is 1. The Morgan fingerprint density at radius 3 is 2.09 bits per heavy atom. The Hall–Kier alpha value is -0.700. The summed E-state index contributed by atoms with van der Waals surface area (Å²) in [6.45, 7) is 5.61. The van der Waals surface area contributed by atoms with Crippen LogP contribution in [0.2, 0.25) is 0 Å². The summed E-state index contributed by atoms with van der Waals surface area (Å²) in [6, 6.07) is 0.168. The molecule has 0 radical (unpaired) electrons. The van der Waals surface area contributed by atoms with Crippen molar-refractivity contribution < 1.29 is 0 Å². The van der Waals surface area contributed by atoms with Gasteiger partial charge in [-0.2, -0.15) is 0 Å². The van der Waals surface area contributed by atoms with Gasteiger partial charge in [-0.05, 0) is 20.8 Å². The maximum Gasteiger partial charge on any atom is 0.124 e. The largest absolute Gasteiger partial charge is 0.389 e. The van der Waals surface area contributed by atoms with Gasteiger partial charge in [0.2, 0.25) is 0 Å². The molecule has 0 atom stereocenters. The van der Waals surface area contributed by atoms with Crippen molar-refractivity contribution in [3.63, 3.8) is 0 Å². The van der Waals surface area contributed by atoms with Gasteiger partial charge in [0, 0.05) is 11.6 Å². The minimum Gasteiger partial charge on any atom is -0.389 e. The van der Waals surface area contributed by atoms with E-state index >= 15 is 0 Å². The topological polar surface area (TPSA) is 64.4 Å². The second kappa shape index (κ2) is 4.23. The van der Waals surface area contributed by atoms with E-state index in [1.54, 1.807) is 6.92 Å². The van der Waals surface area contributed by atoms with E-state index in [-0.39, 0.29) is 11.2 Å². The molecule has 0 saturated carbocycles. The zero-order valence-corrected chi connectivity index (χ0v) is 7.81. The molecule has 0 aliphatic heterocycles. The normalized spacial score (nSPS) is 15.2. The highest BCUT2D eigenvalue weighted by Crippen LogP contribution is 2.02. The monoisotopic (exact) mass is 175 g/mol. The molecule has 0 aliphatic carbocycles. The highest BCUT2D eigenvalue weighted by molar-refractivity contribution is 6.31. The first-order chi connectivity index (χ1) is 4.95. The number of hydrogen-bond acceptors (Lipinski definition) is 2. The summed E-state index contributed by atoms with van der Waals surface area (Å²) in [5.74, 6) is 0.410. The van der Waals surface area contributed by atoms with Gasteiger partial charge in [0.1, 0.15) is 11.0 Å². The molecule has 0 spiro atoms. The summed E-state index contributed by atoms with van der Waals surface area (Å²) in [6.07, 6.45) is 0. The molecule has 0 saturated heterocycles. The number of amidine groups is 1. The van der Waals surface area contributed by atoms with Crippen molar-refractivity contribution >= 4 is 17.4 Å². The van der Waals surface area contributed by atoms with E-state index in [4.69, 9.17) is 23.1 Å². The van der Waals surface area contributed by atoms with Crippen LogP contribution in [0.1, 0.15) is 20.8 Å². The molecule has 3 nitrogen and oxygen atoms in total. The standard InChI is InChI=1S/C7H14ClN3/c1-4(2)11-7(10)5(3)6(8)9/h4H,9H2,1-3H3,(H2,10,11). The van der Waals surface area contributed by atoms with Crippen molar-refractivity contribution in [3.05, 3.63) is 10.7 Å². The van der Waals surface area contributed by atoms with E-state index < -0.39 is 0 Å². The molecule has 0 heterocycles. The van der Waals surface area contributed by atoms with Gasteiger partial charge in [0.05, 0.1) is 0 Å². The van der Waals surface area contributed by atoms with Crippen molar-refractivity contribution in [3.8, 4) is 0 Å². The first-order valence-electron chi connectivity index (χ1n) is 3.40. The summed E-state index contributed by atoms with van der Waals surface area (Å²) in [7, 11) is 0. The van der Waals surface area contributed by atoms with Crippen LogP contribution in [0.5, 0.6) is 0 Å². The molecule has 11 heavy (non-hydrogen) atoms. The molecule has 0 unspecified atom stereocenters. The highest BCUT2D eigenvalue weighted by atomic mass is 35.5. The third kappa shape index (κ3) is 3.88. The van der Waals surface area contributed by atoms with Crippen LogP contribution < -0.4 is 11.5 Å². The van der Waals surface area contributed by atoms with Crippen molar-refractivity contribution in [2.75, 3.05) is 0 Å². The Morgan fingerprint density at radius 1 is 1.36 bits per heavy atom. The fourth-order valence-corrected chi connectivity index (χ4v) is 0.594. The van der Waals surface area contributed by atoms with E-state index in [9.17, 15) is 0 Å². The SMILES string of the molecule is CC(C(N)=NC(C)C)=C(N)Cl. The molecule has 0 fully saturated rings. The first kappa shape index (κ1) is 10.3. The lowest BCUT2D eigenvalue weighted by Crippen LogP contribution is -2.17. The minimum atomic E-state index is 0.168. The van der Waals surface area contributed by atoms with Crippen molar-refractivity contribution in [2.24, 2.45) is 16.5 Å². The van der Waals surface area contributed by atoms with Crippen molar-refractivity contribution in [1.82, 2.24) is 0 Å². The van der Waals surface area contributed by atoms with Gasteiger partial charge in [-0.15, -0.1) is 0 Å². The summed E-state index contributed by atoms with van der Waals surface area (Å²) in [4.78, 5) is 4.07. The molecular formula is C7H14ClN3. The van der Waals surface area contributed by atoms with E-state index in [0.29, 0.717) is 11.4 Å². The van der Waals surface area contributed by atoms with Crippen LogP contribution in [0.25, 0.3) is 0 Å². The molecule has 0 rings (SSSR count). The molecular weight excluding hydrogens is 162 g/mol. The van der Waals surface area contributed by atoms with Gasteiger partial charge in [-0.25, -0.2) is 0 Å². The van der Waals surface area contributed by atoms with Crippen LogP contribution in [0, 0.1) is 0 Å². The maximum absolute atomic E-state index is 5.55. The van der Waals surface area contributed by atoms with E-state index in [1.165, 1.54) is 0 Å². The van der Waals surface area contributed by atoms with Gasteiger partial charge in [0.15, 0.2) is 0 Å². The van der Waals surface area contributed by atoms with Crippen LogP contribution in [0.4, 0.5) is 0 Å². The minimum absolute atomic E-state index is 0.168. The van der Waals surface area contributed by atoms with E-state index in [1.807, 2.05) is 13.8 Å². The van der Waals surface area contributed by atoms with Gasteiger partial charge in [0.25, 0.3) is 0 Å². The molecule has 4 N–H and O–H groups in total. The van der Waals surface area contributed by atoms with Crippen LogP contribution >= 0.6 is 11.6 Å². The average molecular weight is 176 g/mol. The van der Waals surface area contributed by atoms with Gasteiger partial charge < -0.3 is 11.5 Å². The Bertz CT molecular complexity index is 190. The van der Waals surface area contributed by atoms with Crippen LogP contribution in [-0.2, 0) is 0 Å². The summed E-state index contributed by atoms with van der Waals surface area (Å²) < 4.78 is 0. The van der Waals surface area contributed by atoms with Crippen LogP contribution in [0.15, 0.2) is 15.7 Å². The van der Waals surface area contributed by atoms with Crippen molar-refractivity contribution in [1.29, 1.82) is 0 Å². The smallest absolute Gasteiger partial charge is 0.124 e. The zero-order chi connectivity index (χ0) is 9.02. The summed E-state index contributed by atoms with van der Waals surface area (Å²) >= 11 is 5.50.